The number of rotatable bonds is 8. The number of hydrogen-bond donors (Lipinski definition) is 1. The summed E-state index contributed by atoms with van der Waals surface area (Å²) in [5.74, 6) is 0.379. The average molecular weight is 379 g/mol. The van der Waals surface area contributed by atoms with Gasteiger partial charge in [-0.25, -0.2) is 4.31 Å². The first-order chi connectivity index (χ1) is 12.2. The Hall–Kier alpha value is -2.32. The molecule has 1 N–H and O–H groups in total. The van der Waals surface area contributed by atoms with Crippen LogP contribution in [0.4, 0.5) is 5.69 Å². The minimum absolute atomic E-state index is 0.185. The summed E-state index contributed by atoms with van der Waals surface area (Å²) >= 11 is 0. The predicted octanol–water partition coefficient (Wildman–Crippen LogP) is 1.95. The van der Waals surface area contributed by atoms with Crippen LogP contribution in [0.2, 0.25) is 0 Å². The fourth-order valence-electron chi connectivity index (χ4n) is 2.45. The minimum Gasteiger partial charge on any atom is -0.469 e. The zero-order valence-corrected chi connectivity index (χ0v) is 16.3. The van der Waals surface area contributed by atoms with Crippen molar-refractivity contribution in [1.82, 2.24) is 9.62 Å². The number of carbonyl (C=O) groups is 1. The van der Waals surface area contributed by atoms with Crippen molar-refractivity contribution in [2.24, 2.45) is 0 Å². The molecule has 1 unspecified atom stereocenters. The minimum atomic E-state index is -3.80. The molecule has 1 aromatic heterocycles. The lowest BCUT2D eigenvalue weighted by Gasteiger charge is -2.27. The quantitative estimate of drug-likeness (QED) is 0.760. The van der Waals surface area contributed by atoms with E-state index in [0.29, 0.717) is 12.1 Å². The molecule has 1 atom stereocenters. The maximum Gasteiger partial charge on any atom is 0.304 e. The van der Waals surface area contributed by atoms with Crippen LogP contribution in [0.1, 0.15) is 18.2 Å². The summed E-state index contributed by atoms with van der Waals surface area (Å²) in [6.45, 7) is 3.46. The summed E-state index contributed by atoms with van der Waals surface area (Å²) in [4.78, 5) is 12.4. The van der Waals surface area contributed by atoms with Crippen molar-refractivity contribution >= 4 is 21.8 Å². The second-order valence-electron chi connectivity index (χ2n) is 6.38. The molecule has 0 fully saturated rings. The second-order valence-corrected chi connectivity index (χ2v) is 8.45. The fourth-order valence-corrected chi connectivity index (χ4v) is 3.51. The summed E-state index contributed by atoms with van der Waals surface area (Å²) in [6.07, 6.45) is 2.11. The zero-order chi connectivity index (χ0) is 19.3. The SMILES string of the molecule is Cc1ccc(N(CC(=O)NC(C)Cc2ccco2)S(=O)(=O)N(C)C)cc1. The second kappa shape index (κ2) is 8.37. The predicted molar refractivity (Wildman–Crippen MR) is 101 cm³/mol. The number of nitrogens with zero attached hydrogens (tertiary/aromatic N) is 2. The van der Waals surface area contributed by atoms with Gasteiger partial charge in [0.25, 0.3) is 0 Å². The summed E-state index contributed by atoms with van der Waals surface area (Å²) in [6, 6.07) is 10.4. The van der Waals surface area contributed by atoms with Gasteiger partial charge in [0.05, 0.1) is 12.0 Å². The number of anilines is 1. The van der Waals surface area contributed by atoms with Crippen molar-refractivity contribution in [3.05, 3.63) is 54.0 Å². The van der Waals surface area contributed by atoms with Crippen molar-refractivity contribution in [3.8, 4) is 0 Å². The number of hydrogen-bond acceptors (Lipinski definition) is 4. The maximum atomic E-state index is 12.7. The van der Waals surface area contributed by atoms with Gasteiger partial charge in [-0.2, -0.15) is 12.7 Å². The van der Waals surface area contributed by atoms with Crippen LogP contribution in [0.25, 0.3) is 0 Å². The molecular formula is C18H25N3O4S. The number of aryl methyl sites for hydroxylation is 1. The van der Waals surface area contributed by atoms with Gasteiger partial charge in [-0.05, 0) is 38.1 Å². The summed E-state index contributed by atoms with van der Waals surface area (Å²) in [7, 11) is -0.921. The number of benzene rings is 1. The van der Waals surface area contributed by atoms with E-state index < -0.39 is 10.2 Å². The lowest BCUT2D eigenvalue weighted by Crippen LogP contribution is -2.47. The van der Waals surface area contributed by atoms with Crippen LogP contribution in [-0.4, -0.2) is 45.3 Å². The Morgan fingerprint density at radius 1 is 1.19 bits per heavy atom. The maximum absolute atomic E-state index is 12.7. The Labute approximate surface area is 154 Å². The first-order valence-electron chi connectivity index (χ1n) is 8.28. The van der Waals surface area contributed by atoms with Gasteiger partial charge in [0.15, 0.2) is 0 Å². The van der Waals surface area contributed by atoms with E-state index in [1.807, 2.05) is 32.0 Å². The lowest BCUT2D eigenvalue weighted by molar-refractivity contribution is -0.120. The monoisotopic (exact) mass is 379 g/mol. The largest absolute Gasteiger partial charge is 0.469 e. The Bertz CT molecular complexity index is 815. The molecule has 1 aromatic carbocycles. The van der Waals surface area contributed by atoms with E-state index in [4.69, 9.17) is 4.42 Å². The zero-order valence-electron chi connectivity index (χ0n) is 15.5. The molecule has 142 valence electrons. The number of nitrogens with one attached hydrogen (secondary N) is 1. The first kappa shape index (κ1) is 20.0. The van der Waals surface area contributed by atoms with E-state index in [1.54, 1.807) is 24.5 Å². The molecule has 0 saturated heterocycles. The van der Waals surface area contributed by atoms with Crippen LogP contribution in [0.5, 0.6) is 0 Å². The highest BCUT2D eigenvalue weighted by molar-refractivity contribution is 7.90. The van der Waals surface area contributed by atoms with Gasteiger partial charge < -0.3 is 9.73 Å². The van der Waals surface area contributed by atoms with Crippen LogP contribution in [0.15, 0.2) is 47.1 Å². The average Bonchev–Trinajstić information content (AvgIpc) is 3.06. The molecule has 0 bridgehead atoms. The van der Waals surface area contributed by atoms with E-state index in [-0.39, 0.29) is 18.5 Å². The number of carbonyl (C=O) groups excluding carboxylic acids is 1. The molecule has 0 spiro atoms. The number of amides is 1. The van der Waals surface area contributed by atoms with Gasteiger partial charge in [0.2, 0.25) is 5.91 Å². The molecule has 26 heavy (non-hydrogen) atoms. The molecule has 0 saturated carbocycles. The van der Waals surface area contributed by atoms with Crippen LogP contribution in [-0.2, 0) is 21.4 Å². The molecular weight excluding hydrogens is 354 g/mol. The topological polar surface area (TPSA) is 82.9 Å². The highest BCUT2D eigenvalue weighted by Crippen LogP contribution is 2.20. The Kier molecular flexibility index (Phi) is 6.44. The van der Waals surface area contributed by atoms with Crippen molar-refractivity contribution in [1.29, 1.82) is 0 Å². The molecule has 0 aliphatic carbocycles. The fraction of sp³-hybridized carbons (Fsp3) is 0.389. The van der Waals surface area contributed by atoms with Crippen molar-refractivity contribution < 1.29 is 17.6 Å². The lowest BCUT2D eigenvalue weighted by atomic mass is 10.2. The number of furan rings is 1. The van der Waals surface area contributed by atoms with Crippen molar-refractivity contribution in [2.75, 3.05) is 24.9 Å². The van der Waals surface area contributed by atoms with E-state index in [2.05, 4.69) is 5.32 Å². The van der Waals surface area contributed by atoms with Gasteiger partial charge in [0.1, 0.15) is 12.3 Å². The third-order valence-corrected chi connectivity index (χ3v) is 5.66. The van der Waals surface area contributed by atoms with E-state index in [1.165, 1.54) is 14.1 Å². The Morgan fingerprint density at radius 3 is 2.38 bits per heavy atom. The van der Waals surface area contributed by atoms with Crippen molar-refractivity contribution in [3.63, 3.8) is 0 Å². The third kappa shape index (κ3) is 5.09. The van der Waals surface area contributed by atoms with Gasteiger partial charge in [0, 0.05) is 26.6 Å². The standard InChI is InChI=1S/C18H25N3O4S/c1-14-7-9-16(10-8-14)21(26(23,24)20(3)4)13-18(22)19-15(2)12-17-6-5-11-25-17/h5-11,15H,12-13H2,1-4H3,(H,19,22). The van der Waals surface area contributed by atoms with Crippen LogP contribution in [0.3, 0.4) is 0 Å². The van der Waals surface area contributed by atoms with E-state index in [0.717, 1.165) is 19.9 Å². The normalized spacial score (nSPS) is 12.8. The van der Waals surface area contributed by atoms with Gasteiger partial charge in [-0.1, -0.05) is 17.7 Å². The van der Waals surface area contributed by atoms with Gasteiger partial charge in [-0.15, -0.1) is 0 Å². The molecule has 1 heterocycles. The first-order valence-corrected chi connectivity index (χ1v) is 9.68. The Balaban J connectivity index is 2.13. The summed E-state index contributed by atoms with van der Waals surface area (Å²) in [5, 5.41) is 2.82. The van der Waals surface area contributed by atoms with Crippen LogP contribution >= 0.6 is 0 Å². The summed E-state index contributed by atoms with van der Waals surface area (Å²) in [5.41, 5.74) is 1.45. The smallest absolute Gasteiger partial charge is 0.304 e. The molecule has 1 amide bonds. The van der Waals surface area contributed by atoms with Gasteiger partial charge >= 0.3 is 10.2 Å². The molecule has 0 aliphatic rings. The highest BCUT2D eigenvalue weighted by atomic mass is 32.2. The van der Waals surface area contributed by atoms with Crippen LogP contribution in [0, 0.1) is 6.92 Å². The molecule has 0 aliphatic heterocycles. The summed E-state index contributed by atoms with van der Waals surface area (Å²) < 4.78 is 32.8. The molecule has 8 heteroatoms. The van der Waals surface area contributed by atoms with E-state index in [9.17, 15) is 13.2 Å². The third-order valence-electron chi connectivity index (χ3n) is 3.84. The Morgan fingerprint density at radius 2 is 1.85 bits per heavy atom. The molecule has 2 aromatic rings. The molecule has 7 nitrogen and oxygen atoms in total. The molecule has 2 rings (SSSR count). The van der Waals surface area contributed by atoms with Crippen molar-refractivity contribution in [2.45, 2.75) is 26.3 Å². The van der Waals surface area contributed by atoms with E-state index >= 15 is 0 Å². The molecule has 0 radical (unpaired) electrons. The van der Waals surface area contributed by atoms with Gasteiger partial charge in [-0.3, -0.25) is 4.79 Å². The van der Waals surface area contributed by atoms with Crippen LogP contribution < -0.4 is 9.62 Å². The highest BCUT2D eigenvalue weighted by Gasteiger charge is 2.27.